The Balaban J connectivity index is 1.62. The van der Waals surface area contributed by atoms with E-state index in [1.165, 1.54) is 0 Å². The summed E-state index contributed by atoms with van der Waals surface area (Å²) in [6.07, 6.45) is 7.32. The van der Waals surface area contributed by atoms with Gasteiger partial charge in [-0.3, -0.25) is 9.48 Å². The molecule has 3 aromatic rings. The van der Waals surface area contributed by atoms with Crippen LogP contribution in [0.2, 0.25) is 0 Å². The molecule has 0 unspecified atom stereocenters. The lowest BCUT2D eigenvalue weighted by molar-refractivity contribution is -0.117. The molecule has 1 atom stereocenters. The lowest BCUT2D eigenvalue weighted by atomic mass is 10.2. The van der Waals surface area contributed by atoms with Crippen LogP contribution in [0.3, 0.4) is 0 Å². The smallest absolute Gasteiger partial charge is 0.242 e. The number of pyridine rings is 2. The van der Waals surface area contributed by atoms with E-state index in [2.05, 4.69) is 25.7 Å². The van der Waals surface area contributed by atoms with Crippen LogP contribution in [-0.2, 0) is 11.8 Å². The van der Waals surface area contributed by atoms with Gasteiger partial charge in [0.25, 0.3) is 0 Å². The van der Waals surface area contributed by atoms with Crippen molar-refractivity contribution < 1.29 is 4.79 Å². The molecule has 1 aliphatic rings. The molecule has 3 aromatic heterocycles. The van der Waals surface area contributed by atoms with Crippen LogP contribution in [0.4, 0.5) is 5.82 Å². The first-order chi connectivity index (χ1) is 11.7. The van der Waals surface area contributed by atoms with Crippen LogP contribution in [0, 0.1) is 0 Å². The number of rotatable bonds is 3. The summed E-state index contributed by atoms with van der Waals surface area (Å²) in [6.45, 7) is 0.888. The maximum absolute atomic E-state index is 12.2. The predicted molar refractivity (Wildman–Crippen MR) is 91.4 cm³/mol. The van der Waals surface area contributed by atoms with Gasteiger partial charge in [-0.1, -0.05) is 0 Å². The maximum atomic E-state index is 12.2. The van der Waals surface area contributed by atoms with Crippen molar-refractivity contribution in [3.8, 4) is 11.3 Å². The van der Waals surface area contributed by atoms with Gasteiger partial charge in [0, 0.05) is 36.5 Å². The third kappa shape index (κ3) is 2.85. The first-order valence-electron chi connectivity index (χ1n) is 7.99. The lowest BCUT2D eigenvalue weighted by Crippen LogP contribution is -2.35. The second kappa shape index (κ2) is 6.01. The second-order valence-corrected chi connectivity index (χ2v) is 6.00. The monoisotopic (exact) mass is 322 g/mol. The molecular formula is C17H18N6O. The molecule has 2 N–H and O–H groups in total. The SMILES string of the molecule is Cn1cc(-c2ccc3cnc(NC(=O)[C@H]4CCCN4)cc3n2)cn1. The molecule has 0 spiro atoms. The molecule has 0 radical (unpaired) electrons. The maximum Gasteiger partial charge on any atom is 0.242 e. The fourth-order valence-electron chi connectivity index (χ4n) is 2.92. The predicted octanol–water partition coefficient (Wildman–Crippen LogP) is 1.72. The van der Waals surface area contributed by atoms with Gasteiger partial charge in [0.2, 0.25) is 5.91 Å². The van der Waals surface area contributed by atoms with Crippen molar-refractivity contribution in [1.29, 1.82) is 0 Å². The largest absolute Gasteiger partial charge is 0.309 e. The first kappa shape index (κ1) is 14.8. The van der Waals surface area contributed by atoms with E-state index < -0.39 is 0 Å². The quantitative estimate of drug-likeness (QED) is 0.767. The third-order valence-corrected chi connectivity index (χ3v) is 4.20. The summed E-state index contributed by atoms with van der Waals surface area (Å²) < 4.78 is 1.74. The minimum absolute atomic E-state index is 0.0391. The van der Waals surface area contributed by atoms with Crippen molar-refractivity contribution >= 4 is 22.6 Å². The Kier molecular flexibility index (Phi) is 3.70. The van der Waals surface area contributed by atoms with E-state index >= 15 is 0 Å². The highest BCUT2D eigenvalue weighted by molar-refractivity contribution is 5.95. The number of nitrogens with one attached hydrogen (secondary N) is 2. The van der Waals surface area contributed by atoms with Gasteiger partial charge in [-0.25, -0.2) is 9.97 Å². The summed E-state index contributed by atoms with van der Waals surface area (Å²) in [7, 11) is 1.87. The van der Waals surface area contributed by atoms with Gasteiger partial charge in [-0.2, -0.15) is 5.10 Å². The van der Waals surface area contributed by atoms with E-state index in [1.54, 1.807) is 17.1 Å². The Bertz CT molecular complexity index is 897. The number of aromatic nitrogens is 4. The van der Waals surface area contributed by atoms with Crippen LogP contribution >= 0.6 is 0 Å². The number of hydrogen-bond donors (Lipinski definition) is 2. The van der Waals surface area contributed by atoms with Crippen molar-refractivity contribution in [2.75, 3.05) is 11.9 Å². The standard InChI is InChI=1S/C17H18N6O/c1-23-10-12(9-20-23)13-5-4-11-8-19-16(7-15(11)21-13)22-17(24)14-3-2-6-18-14/h4-5,7-10,14,18H,2-3,6H2,1H3,(H,19,22,24)/t14-/m1/s1. The van der Waals surface area contributed by atoms with Crippen molar-refractivity contribution in [2.24, 2.45) is 7.05 Å². The molecule has 1 fully saturated rings. The van der Waals surface area contributed by atoms with Crippen molar-refractivity contribution in [2.45, 2.75) is 18.9 Å². The lowest BCUT2D eigenvalue weighted by Gasteiger charge is -2.10. The summed E-state index contributed by atoms with van der Waals surface area (Å²) in [5.74, 6) is 0.486. The van der Waals surface area contributed by atoms with Crippen LogP contribution in [0.5, 0.6) is 0 Å². The molecule has 7 heteroatoms. The number of carbonyl (C=O) groups excluding carboxylic acids is 1. The van der Waals surface area contributed by atoms with E-state index in [4.69, 9.17) is 0 Å². The van der Waals surface area contributed by atoms with E-state index in [9.17, 15) is 4.79 Å². The fraction of sp³-hybridized carbons (Fsp3) is 0.294. The highest BCUT2D eigenvalue weighted by atomic mass is 16.2. The summed E-state index contributed by atoms with van der Waals surface area (Å²) in [5.41, 5.74) is 2.59. The molecule has 4 rings (SSSR count). The fourth-order valence-corrected chi connectivity index (χ4v) is 2.92. The van der Waals surface area contributed by atoms with Crippen molar-refractivity contribution in [3.05, 3.63) is 36.8 Å². The zero-order valence-corrected chi connectivity index (χ0v) is 13.4. The zero-order chi connectivity index (χ0) is 16.5. The van der Waals surface area contributed by atoms with E-state index in [1.807, 2.05) is 31.4 Å². The van der Waals surface area contributed by atoms with Gasteiger partial charge in [-0.15, -0.1) is 0 Å². The van der Waals surface area contributed by atoms with Gasteiger partial charge in [0.15, 0.2) is 0 Å². The normalized spacial score (nSPS) is 17.3. The minimum atomic E-state index is -0.128. The molecule has 24 heavy (non-hydrogen) atoms. The third-order valence-electron chi connectivity index (χ3n) is 4.20. The Hall–Kier alpha value is -2.80. The number of carbonyl (C=O) groups is 1. The topological polar surface area (TPSA) is 84.7 Å². The average molecular weight is 322 g/mol. The van der Waals surface area contributed by atoms with Crippen LogP contribution in [-0.4, -0.2) is 38.2 Å². The number of hydrogen-bond acceptors (Lipinski definition) is 5. The van der Waals surface area contributed by atoms with Crippen LogP contribution in [0.1, 0.15) is 12.8 Å². The molecule has 0 bridgehead atoms. The summed E-state index contributed by atoms with van der Waals surface area (Å²) in [6, 6.07) is 5.60. The Morgan fingerprint density at radius 1 is 1.38 bits per heavy atom. The minimum Gasteiger partial charge on any atom is -0.309 e. The van der Waals surface area contributed by atoms with Gasteiger partial charge in [0.05, 0.1) is 23.4 Å². The number of amides is 1. The first-order valence-corrected chi connectivity index (χ1v) is 7.99. The molecule has 7 nitrogen and oxygen atoms in total. The van der Waals surface area contributed by atoms with E-state index in [0.717, 1.165) is 41.5 Å². The summed E-state index contributed by atoms with van der Waals surface area (Å²) >= 11 is 0. The summed E-state index contributed by atoms with van der Waals surface area (Å²) in [4.78, 5) is 21.2. The molecule has 122 valence electrons. The highest BCUT2D eigenvalue weighted by Gasteiger charge is 2.22. The highest BCUT2D eigenvalue weighted by Crippen LogP contribution is 2.21. The Labute approximate surface area is 139 Å². The molecule has 4 heterocycles. The molecular weight excluding hydrogens is 304 g/mol. The average Bonchev–Trinajstić information content (AvgIpc) is 3.25. The second-order valence-electron chi connectivity index (χ2n) is 6.00. The molecule has 0 aromatic carbocycles. The molecule has 0 saturated carbocycles. The van der Waals surface area contributed by atoms with E-state index in [0.29, 0.717) is 5.82 Å². The number of aryl methyl sites for hydroxylation is 1. The van der Waals surface area contributed by atoms with Crippen LogP contribution in [0.25, 0.3) is 22.2 Å². The number of fused-ring (bicyclic) bond motifs is 1. The van der Waals surface area contributed by atoms with Crippen molar-refractivity contribution in [1.82, 2.24) is 25.1 Å². The van der Waals surface area contributed by atoms with Crippen LogP contribution in [0.15, 0.2) is 36.8 Å². The molecule has 0 aliphatic carbocycles. The molecule has 1 saturated heterocycles. The van der Waals surface area contributed by atoms with Gasteiger partial charge in [-0.05, 0) is 31.5 Å². The molecule has 1 aliphatic heterocycles. The Morgan fingerprint density at radius 2 is 2.29 bits per heavy atom. The van der Waals surface area contributed by atoms with Gasteiger partial charge >= 0.3 is 0 Å². The summed E-state index contributed by atoms with van der Waals surface area (Å²) in [5, 5.41) is 11.2. The zero-order valence-electron chi connectivity index (χ0n) is 13.4. The number of nitrogens with zero attached hydrogens (tertiary/aromatic N) is 4. The van der Waals surface area contributed by atoms with Crippen LogP contribution < -0.4 is 10.6 Å². The molecule has 1 amide bonds. The van der Waals surface area contributed by atoms with E-state index in [-0.39, 0.29) is 11.9 Å². The van der Waals surface area contributed by atoms with Gasteiger partial charge in [0.1, 0.15) is 5.82 Å². The van der Waals surface area contributed by atoms with Gasteiger partial charge < -0.3 is 10.6 Å². The number of anilines is 1. The Morgan fingerprint density at radius 3 is 3.04 bits per heavy atom. The van der Waals surface area contributed by atoms with Crippen molar-refractivity contribution in [3.63, 3.8) is 0 Å².